The number of nitrogens with zero attached hydrogens (tertiary/aromatic N) is 4. The number of alkyl halides is 3. The van der Waals surface area contributed by atoms with Crippen LogP contribution in [0.1, 0.15) is 35.6 Å². The second kappa shape index (κ2) is 10.9. The summed E-state index contributed by atoms with van der Waals surface area (Å²) in [6.45, 7) is 4.83. The second-order valence-electron chi connectivity index (χ2n) is 9.09. The molecule has 1 aliphatic heterocycles. The zero-order valence-electron chi connectivity index (χ0n) is 20.6. The number of pyridine rings is 1. The Labute approximate surface area is 226 Å². The van der Waals surface area contributed by atoms with Crippen LogP contribution in [0.2, 0.25) is 5.02 Å². The first kappa shape index (κ1) is 26.5. The van der Waals surface area contributed by atoms with Gasteiger partial charge >= 0.3 is 6.18 Å². The Morgan fingerprint density at radius 1 is 1.21 bits per heavy atom. The van der Waals surface area contributed by atoms with Crippen LogP contribution in [0.5, 0.6) is 5.75 Å². The van der Waals surface area contributed by atoms with Crippen LogP contribution in [0.15, 0.2) is 61.7 Å². The summed E-state index contributed by atoms with van der Waals surface area (Å²) in [5, 5.41) is 4.49. The number of hydrogen-bond donors (Lipinski definition) is 2. The molecule has 0 atom stereocenters. The molecule has 1 aliphatic rings. The molecule has 0 bridgehead atoms. The Hall–Kier alpha value is -4.12. The van der Waals surface area contributed by atoms with Crippen LogP contribution in [-0.2, 0) is 17.6 Å². The lowest BCUT2D eigenvalue weighted by Gasteiger charge is -2.31. The summed E-state index contributed by atoms with van der Waals surface area (Å²) in [7, 11) is 0. The van der Waals surface area contributed by atoms with Crippen LogP contribution < -0.4 is 10.1 Å². The number of carbonyl (C=O) groups is 1. The number of halogens is 4. The number of fused-ring (bicyclic) bond motifs is 1. The molecule has 2 N–H and O–H groups in total. The summed E-state index contributed by atoms with van der Waals surface area (Å²) in [5.74, 6) is 1.15. The highest BCUT2D eigenvalue weighted by Crippen LogP contribution is 2.37. The van der Waals surface area contributed by atoms with E-state index in [1.54, 1.807) is 23.1 Å². The fourth-order valence-electron chi connectivity index (χ4n) is 4.61. The van der Waals surface area contributed by atoms with E-state index in [1.165, 1.54) is 18.5 Å². The lowest BCUT2D eigenvalue weighted by molar-refractivity contribution is -0.137. The van der Waals surface area contributed by atoms with Crippen LogP contribution in [0.3, 0.4) is 0 Å². The standard InChI is InChI=1S/C27H24ClF3N6O2/c1-2-23(38)37-9-7-16(8-10-37)20-13-33-25-24(20)26(35-15-34-25)36-18-5-6-22(21(28)11-18)39-14-19-4-3-17(12-32-19)27(29,30)31/h2-6,11-13,15-16H,1,7-10,14H2,(H2,33,34,35,36). The monoisotopic (exact) mass is 556 g/mol. The van der Waals surface area contributed by atoms with Crippen LogP contribution in [-0.4, -0.2) is 43.8 Å². The van der Waals surface area contributed by atoms with E-state index in [0.717, 1.165) is 36.1 Å². The number of aromatic amines is 1. The normalized spacial score (nSPS) is 14.4. The highest BCUT2D eigenvalue weighted by molar-refractivity contribution is 6.32. The van der Waals surface area contributed by atoms with Crippen molar-refractivity contribution in [2.75, 3.05) is 18.4 Å². The van der Waals surface area contributed by atoms with Crippen molar-refractivity contribution in [2.24, 2.45) is 0 Å². The third-order valence-electron chi connectivity index (χ3n) is 6.64. The van der Waals surface area contributed by atoms with Gasteiger partial charge in [0.2, 0.25) is 5.91 Å². The zero-order valence-corrected chi connectivity index (χ0v) is 21.4. The van der Waals surface area contributed by atoms with Gasteiger partial charge in [0.05, 0.1) is 21.7 Å². The largest absolute Gasteiger partial charge is 0.486 e. The predicted molar refractivity (Wildman–Crippen MR) is 141 cm³/mol. The molecule has 3 aromatic heterocycles. The molecule has 0 radical (unpaired) electrons. The fraction of sp³-hybridized carbons (Fsp3) is 0.259. The van der Waals surface area contributed by atoms with Crippen LogP contribution in [0.25, 0.3) is 11.0 Å². The van der Waals surface area contributed by atoms with Gasteiger partial charge in [0.25, 0.3) is 0 Å². The Kier molecular flexibility index (Phi) is 7.42. The number of aromatic nitrogens is 4. The Morgan fingerprint density at radius 2 is 2.00 bits per heavy atom. The lowest BCUT2D eigenvalue weighted by atomic mass is 9.89. The van der Waals surface area contributed by atoms with E-state index in [9.17, 15) is 18.0 Å². The van der Waals surface area contributed by atoms with Crippen molar-refractivity contribution >= 4 is 40.0 Å². The molecule has 1 amide bonds. The van der Waals surface area contributed by atoms with Gasteiger partial charge in [-0.25, -0.2) is 9.97 Å². The van der Waals surface area contributed by atoms with Gasteiger partial charge in [-0.05, 0) is 60.7 Å². The number of carbonyl (C=O) groups excluding carboxylic acids is 1. The number of likely N-dealkylation sites (tertiary alicyclic amines) is 1. The molecule has 0 aliphatic carbocycles. The third-order valence-corrected chi connectivity index (χ3v) is 6.94. The Morgan fingerprint density at radius 3 is 2.67 bits per heavy atom. The van der Waals surface area contributed by atoms with Gasteiger partial charge in [-0.15, -0.1) is 0 Å². The molecule has 8 nitrogen and oxygen atoms in total. The first-order chi connectivity index (χ1) is 18.7. The number of ether oxygens (including phenoxy) is 1. The second-order valence-corrected chi connectivity index (χ2v) is 9.50. The first-order valence-electron chi connectivity index (χ1n) is 12.2. The van der Waals surface area contributed by atoms with Crippen LogP contribution in [0, 0.1) is 0 Å². The van der Waals surface area contributed by atoms with Gasteiger partial charge < -0.3 is 19.9 Å². The predicted octanol–water partition coefficient (Wildman–Crippen LogP) is 6.24. The molecule has 0 unspecified atom stereocenters. The molecule has 0 saturated carbocycles. The van der Waals surface area contributed by atoms with Gasteiger partial charge in [-0.3, -0.25) is 9.78 Å². The summed E-state index contributed by atoms with van der Waals surface area (Å²) < 4.78 is 43.9. The maximum absolute atomic E-state index is 12.7. The number of piperidine rings is 1. The van der Waals surface area contributed by atoms with E-state index in [1.807, 2.05) is 6.20 Å². The number of benzene rings is 1. The molecule has 1 saturated heterocycles. The smallest absolute Gasteiger partial charge is 0.417 e. The summed E-state index contributed by atoms with van der Waals surface area (Å²) >= 11 is 6.44. The third kappa shape index (κ3) is 5.83. The van der Waals surface area contributed by atoms with E-state index in [0.29, 0.717) is 46.7 Å². The lowest BCUT2D eigenvalue weighted by Crippen LogP contribution is -2.36. The quantitative estimate of drug-likeness (QED) is 0.262. The van der Waals surface area contributed by atoms with Crippen LogP contribution in [0.4, 0.5) is 24.7 Å². The Balaban J connectivity index is 1.29. The van der Waals surface area contributed by atoms with Crippen molar-refractivity contribution in [3.63, 3.8) is 0 Å². The van der Waals surface area contributed by atoms with Crippen molar-refractivity contribution in [1.29, 1.82) is 0 Å². The average Bonchev–Trinajstić information content (AvgIpc) is 3.37. The maximum Gasteiger partial charge on any atom is 0.417 e. The maximum atomic E-state index is 12.7. The summed E-state index contributed by atoms with van der Waals surface area (Å²) in [4.78, 5) is 29.6. The molecule has 5 rings (SSSR count). The zero-order chi connectivity index (χ0) is 27.6. The minimum Gasteiger partial charge on any atom is -0.486 e. The van der Waals surface area contributed by atoms with E-state index in [4.69, 9.17) is 16.3 Å². The first-order valence-corrected chi connectivity index (χ1v) is 12.6. The molecule has 0 spiro atoms. The molecular formula is C27H24ClF3N6O2. The van der Waals surface area contributed by atoms with Crippen molar-refractivity contribution in [3.8, 4) is 5.75 Å². The SMILES string of the molecule is C=CC(=O)N1CCC(c2c[nH]c3ncnc(Nc4ccc(OCc5ccc(C(F)(F)F)cn5)c(Cl)c4)c23)CC1. The molecule has 39 heavy (non-hydrogen) atoms. The van der Waals surface area contributed by atoms with Crippen molar-refractivity contribution in [1.82, 2.24) is 24.8 Å². The minimum absolute atomic E-state index is 0.0406. The molecule has 1 fully saturated rings. The highest BCUT2D eigenvalue weighted by atomic mass is 35.5. The number of nitrogens with one attached hydrogen (secondary N) is 2. The number of H-pyrrole nitrogens is 1. The molecule has 4 aromatic rings. The fourth-order valence-corrected chi connectivity index (χ4v) is 4.84. The van der Waals surface area contributed by atoms with Crippen molar-refractivity contribution < 1.29 is 22.7 Å². The summed E-state index contributed by atoms with van der Waals surface area (Å²) in [5.41, 5.74) is 1.95. The van der Waals surface area contributed by atoms with Gasteiger partial charge in [0.1, 0.15) is 30.1 Å². The topological polar surface area (TPSA) is 96.0 Å². The number of hydrogen-bond acceptors (Lipinski definition) is 6. The van der Waals surface area contributed by atoms with Crippen LogP contribution >= 0.6 is 11.6 Å². The average molecular weight is 557 g/mol. The van der Waals surface area contributed by atoms with Crippen molar-refractivity contribution in [3.05, 3.63) is 83.6 Å². The molecular weight excluding hydrogens is 533 g/mol. The van der Waals surface area contributed by atoms with Gasteiger partial charge in [-0.1, -0.05) is 18.2 Å². The van der Waals surface area contributed by atoms with Gasteiger partial charge in [-0.2, -0.15) is 13.2 Å². The molecule has 12 heteroatoms. The Bertz CT molecular complexity index is 1500. The summed E-state index contributed by atoms with van der Waals surface area (Å²) in [6, 6.07) is 7.33. The highest BCUT2D eigenvalue weighted by Gasteiger charge is 2.30. The van der Waals surface area contributed by atoms with Gasteiger partial charge in [0.15, 0.2) is 0 Å². The van der Waals surface area contributed by atoms with E-state index < -0.39 is 11.7 Å². The van der Waals surface area contributed by atoms with E-state index in [2.05, 4.69) is 31.8 Å². The molecule has 4 heterocycles. The number of rotatable bonds is 7. The summed E-state index contributed by atoms with van der Waals surface area (Å²) in [6.07, 6.45) is 2.70. The minimum atomic E-state index is -4.45. The number of amides is 1. The van der Waals surface area contributed by atoms with E-state index in [-0.39, 0.29) is 18.4 Å². The molecule has 1 aromatic carbocycles. The number of anilines is 2. The van der Waals surface area contributed by atoms with Gasteiger partial charge in [0, 0.05) is 31.2 Å². The van der Waals surface area contributed by atoms with E-state index >= 15 is 0 Å². The van der Waals surface area contributed by atoms with Crippen molar-refractivity contribution in [2.45, 2.75) is 31.5 Å². The molecule has 202 valence electrons.